The Balaban J connectivity index is 2.29. The first kappa shape index (κ1) is 8.75. The van der Waals surface area contributed by atoms with Crippen LogP contribution in [0.5, 0.6) is 0 Å². The van der Waals surface area contributed by atoms with Crippen LogP contribution >= 0.6 is 0 Å². The summed E-state index contributed by atoms with van der Waals surface area (Å²) >= 11 is 0. The van der Waals surface area contributed by atoms with Crippen molar-refractivity contribution in [3.8, 4) is 0 Å². The van der Waals surface area contributed by atoms with E-state index in [1.165, 1.54) is 11.3 Å². The average Bonchev–Trinajstić information content (AvgIpc) is 2.22. The van der Waals surface area contributed by atoms with E-state index in [4.69, 9.17) is 0 Å². The molecule has 72 valence electrons. The lowest BCUT2D eigenvalue weighted by atomic mass is 9.77. The first-order chi connectivity index (χ1) is 6.09. The molecule has 0 saturated heterocycles. The molecule has 0 unspecified atom stereocenters. The van der Waals surface area contributed by atoms with Crippen molar-refractivity contribution >= 4 is 0 Å². The van der Waals surface area contributed by atoms with Crippen molar-refractivity contribution in [2.45, 2.75) is 38.7 Å². The lowest BCUT2D eigenvalue weighted by molar-refractivity contribution is 0.0742. The van der Waals surface area contributed by atoms with Crippen molar-refractivity contribution in [1.82, 2.24) is 9.78 Å². The number of aromatic nitrogens is 2. The number of rotatable bonds is 1. The second-order valence-corrected chi connectivity index (χ2v) is 4.03. The molecule has 1 saturated carbocycles. The van der Waals surface area contributed by atoms with E-state index in [0.29, 0.717) is 5.92 Å². The topological polar surface area (TPSA) is 38.0 Å². The SMILES string of the molecule is Cc1nn(C)c(C)c1C1CC(O)C1. The van der Waals surface area contributed by atoms with Gasteiger partial charge in [0.15, 0.2) is 0 Å². The summed E-state index contributed by atoms with van der Waals surface area (Å²) in [4.78, 5) is 0. The molecule has 0 aromatic carbocycles. The maximum absolute atomic E-state index is 9.24. The number of aliphatic hydroxyl groups is 1. The van der Waals surface area contributed by atoms with Gasteiger partial charge in [-0.25, -0.2) is 0 Å². The molecule has 3 nitrogen and oxygen atoms in total. The number of aliphatic hydroxyl groups excluding tert-OH is 1. The largest absolute Gasteiger partial charge is 0.393 e. The molecule has 3 heteroatoms. The van der Waals surface area contributed by atoms with Gasteiger partial charge in [-0.3, -0.25) is 4.68 Å². The average molecular weight is 180 g/mol. The Morgan fingerprint density at radius 3 is 2.38 bits per heavy atom. The predicted octanol–water partition coefficient (Wildman–Crippen LogP) is 1.28. The van der Waals surface area contributed by atoms with Gasteiger partial charge in [0.2, 0.25) is 0 Å². The van der Waals surface area contributed by atoms with Crippen molar-refractivity contribution in [2.24, 2.45) is 7.05 Å². The van der Waals surface area contributed by atoms with Crippen molar-refractivity contribution in [2.75, 3.05) is 0 Å². The van der Waals surface area contributed by atoms with Gasteiger partial charge in [-0.15, -0.1) is 0 Å². The smallest absolute Gasteiger partial charge is 0.0631 e. The van der Waals surface area contributed by atoms with Gasteiger partial charge < -0.3 is 5.11 Å². The maximum Gasteiger partial charge on any atom is 0.0631 e. The second kappa shape index (κ2) is 2.84. The van der Waals surface area contributed by atoms with Crippen molar-refractivity contribution in [1.29, 1.82) is 0 Å². The second-order valence-electron chi connectivity index (χ2n) is 4.03. The van der Waals surface area contributed by atoms with E-state index in [1.807, 2.05) is 18.7 Å². The quantitative estimate of drug-likeness (QED) is 0.707. The molecule has 0 aliphatic heterocycles. The van der Waals surface area contributed by atoms with Crippen molar-refractivity contribution < 1.29 is 5.11 Å². The molecular formula is C10H16N2O. The summed E-state index contributed by atoms with van der Waals surface area (Å²) < 4.78 is 1.93. The Kier molecular flexibility index (Phi) is 1.91. The lowest BCUT2D eigenvalue weighted by Crippen LogP contribution is -2.27. The first-order valence-corrected chi connectivity index (χ1v) is 4.77. The Labute approximate surface area is 78.4 Å². The highest BCUT2D eigenvalue weighted by Gasteiger charge is 2.32. The molecule has 1 aromatic rings. The highest BCUT2D eigenvalue weighted by atomic mass is 16.3. The third kappa shape index (κ3) is 1.27. The van der Waals surface area contributed by atoms with Crippen LogP contribution in [0.3, 0.4) is 0 Å². The van der Waals surface area contributed by atoms with E-state index < -0.39 is 0 Å². The summed E-state index contributed by atoms with van der Waals surface area (Å²) in [7, 11) is 1.97. The van der Waals surface area contributed by atoms with E-state index in [0.717, 1.165) is 18.5 Å². The summed E-state index contributed by atoms with van der Waals surface area (Å²) in [5, 5.41) is 13.6. The molecule has 0 atom stereocenters. The Morgan fingerprint density at radius 1 is 1.38 bits per heavy atom. The van der Waals surface area contributed by atoms with Crippen LogP contribution in [-0.4, -0.2) is 21.0 Å². The third-order valence-electron chi connectivity index (χ3n) is 3.09. The molecule has 13 heavy (non-hydrogen) atoms. The minimum atomic E-state index is -0.0796. The van der Waals surface area contributed by atoms with Crippen LogP contribution in [0.15, 0.2) is 0 Å². The molecule has 1 aromatic heterocycles. The Hall–Kier alpha value is -0.830. The fourth-order valence-electron chi connectivity index (χ4n) is 2.20. The molecule has 1 aliphatic carbocycles. The zero-order chi connectivity index (χ0) is 9.59. The van der Waals surface area contributed by atoms with Gasteiger partial charge in [0.05, 0.1) is 11.8 Å². The van der Waals surface area contributed by atoms with Crippen LogP contribution in [0, 0.1) is 13.8 Å². The Morgan fingerprint density at radius 2 is 2.00 bits per heavy atom. The van der Waals surface area contributed by atoms with Crippen LogP contribution in [0.1, 0.15) is 35.7 Å². The molecule has 0 radical (unpaired) electrons. The van der Waals surface area contributed by atoms with Gasteiger partial charge in [0.1, 0.15) is 0 Å². The van der Waals surface area contributed by atoms with E-state index in [1.54, 1.807) is 0 Å². The summed E-state index contributed by atoms with van der Waals surface area (Å²) in [6.07, 6.45) is 1.74. The fraction of sp³-hybridized carbons (Fsp3) is 0.700. The molecule has 0 spiro atoms. The van der Waals surface area contributed by atoms with Gasteiger partial charge in [0, 0.05) is 12.7 Å². The number of hydrogen-bond donors (Lipinski definition) is 1. The highest BCUT2D eigenvalue weighted by Crippen LogP contribution is 2.39. The lowest BCUT2D eigenvalue weighted by Gasteiger charge is -2.31. The van der Waals surface area contributed by atoms with Crippen molar-refractivity contribution in [3.63, 3.8) is 0 Å². The molecule has 1 N–H and O–H groups in total. The molecule has 2 rings (SSSR count). The normalized spacial score (nSPS) is 27.4. The third-order valence-corrected chi connectivity index (χ3v) is 3.09. The molecule has 0 amide bonds. The minimum Gasteiger partial charge on any atom is -0.393 e. The standard InChI is InChI=1S/C10H16N2O/c1-6-10(7(2)12(3)11-6)8-4-9(13)5-8/h8-9,13H,4-5H2,1-3H3. The zero-order valence-corrected chi connectivity index (χ0v) is 8.41. The number of hydrogen-bond acceptors (Lipinski definition) is 2. The number of nitrogens with zero attached hydrogens (tertiary/aromatic N) is 2. The van der Waals surface area contributed by atoms with Crippen LogP contribution < -0.4 is 0 Å². The molecular weight excluding hydrogens is 164 g/mol. The van der Waals surface area contributed by atoms with Crippen LogP contribution in [0.2, 0.25) is 0 Å². The van der Waals surface area contributed by atoms with Gasteiger partial charge >= 0.3 is 0 Å². The highest BCUT2D eigenvalue weighted by molar-refractivity contribution is 5.30. The maximum atomic E-state index is 9.24. The van der Waals surface area contributed by atoms with Crippen LogP contribution in [0.25, 0.3) is 0 Å². The van der Waals surface area contributed by atoms with E-state index in [2.05, 4.69) is 12.0 Å². The Bertz CT molecular complexity index is 324. The van der Waals surface area contributed by atoms with E-state index in [9.17, 15) is 5.11 Å². The molecule has 1 fully saturated rings. The monoisotopic (exact) mass is 180 g/mol. The van der Waals surface area contributed by atoms with Gasteiger partial charge in [0.25, 0.3) is 0 Å². The summed E-state index contributed by atoms with van der Waals surface area (Å²) in [6, 6.07) is 0. The van der Waals surface area contributed by atoms with Crippen LogP contribution in [0.4, 0.5) is 0 Å². The zero-order valence-electron chi connectivity index (χ0n) is 8.41. The van der Waals surface area contributed by atoms with E-state index in [-0.39, 0.29) is 6.10 Å². The summed E-state index contributed by atoms with van der Waals surface area (Å²) in [5.74, 6) is 0.545. The predicted molar refractivity (Wildman–Crippen MR) is 50.7 cm³/mol. The van der Waals surface area contributed by atoms with Gasteiger partial charge in [-0.05, 0) is 38.2 Å². The fourth-order valence-corrected chi connectivity index (χ4v) is 2.20. The summed E-state index contributed by atoms with van der Waals surface area (Å²) in [6.45, 7) is 4.15. The minimum absolute atomic E-state index is 0.0796. The molecule has 0 bridgehead atoms. The first-order valence-electron chi connectivity index (χ1n) is 4.77. The van der Waals surface area contributed by atoms with Gasteiger partial charge in [-0.2, -0.15) is 5.10 Å². The van der Waals surface area contributed by atoms with E-state index >= 15 is 0 Å². The molecule has 1 heterocycles. The van der Waals surface area contributed by atoms with Crippen LogP contribution in [-0.2, 0) is 7.05 Å². The molecule has 1 aliphatic rings. The number of aryl methyl sites for hydroxylation is 2. The summed E-state index contributed by atoms with van der Waals surface area (Å²) in [5.41, 5.74) is 3.72. The van der Waals surface area contributed by atoms with Crippen molar-refractivity contribution in [3.05, 3.63) is 17.0 Å². The van der Waals surface area contributed by atoms with Gasteiger partial charge in [-0.1, -0.05) is 0 Å².